The van der Waals surface area contributed by atoms with E-state index in [0.29, 0.717) is 11.4 Å². The average molecular weight is 272 g/mol. The quantitative estimate of drug-likeness (QED) is 0.827. The van der Waals surface area contributed by atoms with Gasteiger partial charge in [-0.05, 0) is 31.3 Å². The van der Waals surface area contributed by atoms with Crippen LogP contribution < -0.4 is 15.4 Å². The van der Waals surface area contributed by atoms with Crippen molar-refractivity contribution in [3.05, 3.63) is 24.0 Å². The topological polar surface area (TPSA) is 59.6 Å². The summed E-state index contributed by atoms with van der Waals surface area (Å²) in [5.41, 5.74) is 0.319. The minimum Gasteiger partial charge on any atom is -0.495 e. The van der Waals surface area contributed by atoms with Gasteiger partial charge >= 0.3 is 6.09 Å². The highest BCUT2D eigenvalue weighted by Crippen LogP contribution is 2.24. The molecule has 18 heavy (non-hydrogen) atoms. The number of nitrogens with one attached hydrogen (secondary N) is 2. The summed E-state index contributed by atoms with van der Waals surface area (Å²) in [5, 5.41) is 4.92. The molecule has 0 aliphatic rings. The van der Waals surface area contributed by atoms with E-state index in [0.717, 1.165) is 0 Å². The zero-order valence-electron chi connectivity index (χ0n) is 9.95. The van der Waals surface area contributed by atoms with E-state index in [2.05, 4.69) is 15.4 Å². The highest BCUT2D eigenvalue weighted by atomic mass is 32.1. The number of anilines is 1. The van der Waals surface area contributed by atoms with Crippen LogP contribution in [0.5, 0.6) is 5.75 Å². The van der Waals surface area contributed by atoms with Crippen LogP contribution in [0.25, 0.3) is 0 Å². The fraction of sp³-hybridized carbons (Fsp3) is 0.273. The molecule has 98 valence electrons. The lowest BCUT2D eigenvalue weighted by atomic mass is 10.3. The normalized spacial score (nSPS) is 9.50. The van der Waals surface area contributed by atoms with Crippen molar-refractivity contribution in [3.8, 4) is 5.75 Å². The van der Waals surface area contributed by atoms with Gasteiger partial charge < -0.3 is 14.8 Å². The number of amides is 1. The van der Waals surface area contributed by atoms with Gasteiger partial charge in [0.15, 0.2) is 5.11 Å². The summed E-state index contributed by atoms with van der Waals surface area (Å²) < 4.78 is 22.7. The molecule has 1 aromatic rings. The van der Waals surface area contributed by atoms with Crippen molar-refractivity contribution in [3.63, 3.8) is 0 Å². The summed E-state index contributed by atoms with van der Waals surface area (Å²) in [6.07, 6.45) is -0.676. The molecule has 1 aromatic carbocycles. The number of rotatable bonds is 3. The maximum absolute atomic E-state index is 13.1. The molecule has 0 unspecified atom stereocenters. The molecular formula is C11H13FN2O3S. The number of methoxy groups -OCH3 is 1. The smallest absolute Gasteiger partial charge is 0.413 e. The van der Waals surface area contributed by atoms with Crippen LogP contribution in [-0.2, 0) is 4.74 Å². The third-order valence-electron chi connectivity index (χ3n) is 1.90. The van der Waals surface area contributed by atoms with Gasteiger partial charge in [-0.15, -0.1) is 0 Å². The largest absolute Gasteiger partial charge is 0.495 e. The number of benzene rings is 1. The van der Waals surface area contributed by atoms with E-state index in [4.69, 9.17) is 17.0 Å². The number of carbonyl (C=O) groups excluding carboxylic acids is 1. The van der Waals surface area contributed by atoms with Crippen molar-refractivity contribution < 1.29 is 18.7 Å². The van der Waals surface area contributed by atoms with Gasteiger partial charge in [0.2, 0.25) is 0 Å². The fourth-order valence-corrected chi connectivity index (χ4v) is 1.38. The number of hydrogen-bond donors (Lipinski definition) is 2. The summed E-state index contributed by atoms with van der Waals surface area (Å²) in [4.78, 5) is 11.1. The lowest BCUT2D eigenvalue weighted by molar-refractivity contribution is 0.158. The maximum Gasteiger partial charge on any atom is 0.413 e. The van der Waals surface area contributed by atoms with E-state index in [1.165, 1.54) is 25.3 Å². The van der Waals surface area contributed by atoms with Crippen molar-refractivity contribution in [1.29, 1.82) is 0 Å². The van der Waals surface area contributed by atoms with Crippen LogP contribution in [0.2, 0.25) is 0 Å². The Labute approximate surface area is 109 Å². The van der Waals surface area contributed by atoms with E-state index in [9.17, 15) is 9.18 Å². The summed E-state index contributed by atoms with van der Waals surface area (Å²) in [7, 11) is 1.44. The fourth-order valence-electron chi connectivity index (χ4n) is 1.19. The molecule has 0 aromatic heterocycles. The van der Waals surface area contributed by atoms with Gasteiger partial charge in [-0.1, -0.05) is 0 Å². The Bertz CT molecular complexity index is 454. The molecule has 0 saturated heterocycles. The summed E-state index contributed by atoms with van der Waals surface area (Å²) in [5.74, 6) is -0.0401. The predicted molar refractivity (Wildman–Crippen MR) is 69.3 cm³/mol. The second-order valence-corrected chi connectivity index (χ2v) is 3.55. The minimum absolute atomic E-state index is 0.00245. The van der Waals surface area contributed by atoms with Gasteiger partial charge in [-0.3, -0.25) is 5.32 Å². The Morgan fingerprint density at radius 3 is 2.83 bits per heavy atom. The van der Waals surface area contributed by atoms with E-state index in [-0.39, 0.29) is 11.7 Å². The number of thiocarbonyl (C=S) groups is 1. The van der Waals surface area contributed by atoms with Crippen LogP contribution in [0.4, 0.5) is 14.9 Å². The Balaban J connectivity index is 2.69. The van der Waals surface area contributed by atoms with Crippen LogP contribution >= 0.6 is 12.2 Å². The highest BCUT2D eigenvalue weighted by Gasteiger charge is 2.09. The van der Waals surface area contributed by atoms with Crippen molar-refractivity contribution in [2.75, 3.05) is 19.0 Å². The third kappa shape index (κ3) is 4.17. The molecule has 0 saturated carbocycles. The highest BCUT2D eigenvalue weighted by molar-refractivity contribution is 7.80. The van der Waals surface area contributed by atoms with Gasteiger partial charge in [-0.2, -0.15) is 0 Å². The first-order valence-electron chi connectivity index (χ1n) is 5.15. The average Bonchev–Trinajstić information content (AvgIpc) is 2.29. The first kappa shape index (κ1) is 14.2. The van der Waals surface area contributed by atoms with Gasteiger partial charge in [-0.25, -0.2) is 9.18 Å². The number of halogens is 1. The Morgan fingerprint density at radius 1 is 1.50 bits per heavy atom. The van der Waals surface area contributed by atoms with Crippen LogP contribution in [0.1, 0.15) is 6.92 Å². The monoisotopic (exact) mass is 272 g/mol. The van der Waals surface area contributed by atoms with Crippen molar-refractivity contribution in [2.45, 2.75) is 6.92 Å². The van der Waals surface area contributed by atoms with E-state index in [1.54, 1.807) is 6.92 Å². The Kier molecular flexibility index (Phi) is 5.31. The van der Waals surface area contributed by atoms with Gasteiger partial charge in [0, 0.05) is 6.07 Å². The lowest BCUT2D eigenvalue weighted by Crippen LogP contribution is -2.34. The van der Waals surface area contributed by atoms with E-state index < -0.39 is 11.9 Å². The van der Waals surface area contributed by atoms with Crippen LogP contribution in [0.15, 0.2) is 18.2 Å². The number of ether oxygens (including phenoxy) is 2. The van der Waals surface area contributed by atoms with Crippen molar-refractivity contribution in [1.82, 2.24) is 5.32 Å². The molecule has 0 heterocycles. The summed E-state index contributed by atoms with van der Waals surface area (Å²) >= 11 is 4.88. The number of alkyl carbamates (subject to hydrolysis) is 1. The van der Waals surface area contributed by atoms with Crippen molar-refractivity contribution in [2.24, 2.45) is 0 Å². The Hall–Kier alpha value is -1.89. The molecule has 1 rings (SSSR count). The molecule has 0 aliphatic carbocycles. The molecule has 0 aliphatic heterocycles. The molecule has 2 N–H and O–H groups in total. The summed E-state index contributed by atoms with van der Waals surface area (Å²) in [6, 6.07) is 3.91. The molecular weight excluding hydrogens is 259 g/mol. The van der Waals surface area contributed by atoms with Gasteiger partial charge in [0.1, 0.15) is 11.6 Å². The van der Waals surface area contributed by atoms with Crippen LogP contribution in [0.3, 0.4) is 0 Å². The summed E-state index contributed by atoms with van der Waals surface area (Å²) in [6.45, 7) is 1.91. The zero-order valence-corrected chi connectivity index (χ0v) is 10.8. The molecule has 0 radical (unpaired) electrons. The number of hydrogen-bond acceptors (Lipinski definition) is 4. The SMILES string of the molecule is CCOC(=O)NC(=S)Nc1cc(F)ccc1OC. The molecule has 0 fully saturated rings. The first-order chi connectivity index (χ1) is 8.56. The second-order valence-electron chi connectivity index (χ2n) is 3.14. The van der Waals surface area contributed by atoms with Crippen LogP contribution in [0, 0.1) is 5.82 Å². The molecule has 7 heteroatoms. The predicted octanol–water partition coefficient (Wildman–Crippen LogP) is 2.28. The minimum atomic E-state index is -0.676. The van der Waals surface area contributed by atoms with Crippen molar-refractivity contribution >= 4 is 29.1 Å². The zero-order chi connectivity index (χ0) is 13.5. The van der Waals surface area contributed by atoms with Gasteiger partial charge in [0.05, 0.1) is 19.4 Å². The van der Waals surface area contributed by atoms with Gasteiger partial charge in [0.25, 0.3) is 0 Å². The molecule has 0 spiro atoms. The van der Waals surface area contributed by atoms with E-state index >= 15 is 0 Å². The first-order valence-corrected chi connectivity index (χ1v) is 5.56. The molecule has 1 amide bonds. The lowest BCUT2D eigenvalue weighted by Gasteiger charge is -2.12. The molecule has 5 nitrogen and oxygen atoms in total. The Morgan fingerprint density at radius 2 is 2.22 bits per heavy atom. The molecule has 0 bridgehead atoms. The standard InChI is InChI=1S/C11H13FN2O3S/c1-3-17-11(15)14-10(18)13-8-6-7(12)4-5-9(8)16-2/h4-6H,3H2,1-2H3,(H2,13,14,15,18). The third-order valence-corrected chi connectivity index (χ3v) is 2.10. The maximum atomic E-state index is 13.1. The molecule has 0 atom stereocenters. The number of carbonyl (C=O) groups is 1. The van der Waals surface area contributed by atoms with Crippen LogP contribution in [-0.4, -0.2) is 24.9 Å². The second kappa shape index (κ2) is 6.75. The van der Waals surface area contributed by atoms with E-state index in [1.807, 2.05) is 0 Å².